The van der Waals surface area contributed by atoms with Gasteiger partial charge in [0.2, 0.25) is 5.79 Å². The second-order valence-corrected chi connectivity index (χ2v) is 19.4. The third-order valence-electron chi connectivity index (χ3n) is 14.5. The van der Waals surface area contributed by atoms with Gasteiger partial charge >= 0.3 is 0 Å². The van der Waals surface area contributed by atoms with Crippen LogP contribution in [0.4, 0.5) is 0 Å². The minimum Gasteiger partial charge on any atom is -0.394 e. The van der Waals surface area contributed by atoms with Gasteiger partial charge in [-0.1, -0.05) is 0 Å². The SMILES string of the molecule is OCC1OC2O[C@H]3C(CO)O[C@@H](O[C@H]4C(CO)O[C@H](O[C@@H]5C(CO)O[C@H](O[C@]6(O)CO[C@H](O[C@@H]7C(CO)O[C@H](OC8C(CO)O[C@H](OC1[C@H](O)C2O)[C@@H](O)[C@H]8O)C(O)[C@H]7O)C(O)[C@H]6O)[C@@H](O)C5O)[C@@H](O)C4O)[C@@H](O)C3O. The summed E-state index contributed by atoms with van der Waals surface area (Å²) in [6.45, 7) is -7.50. The zero-order valence-corrected chi connectivity index (χ0v) is 39.6. The average molecular weight is 1120 g/mol. The molecule has 34 atom stereocenters. The van der Waals surface area contributed by atoms with Crippen molar-refractivity contribution in [3.05, 3.63) is 0 Å². The van der Waals surface area contributed by atoms with Crippen LogP contribution in [-0.4, -0.2) is 362 Å². The molecule has 0 spiro atoms. The molecule has 35 nitrogen and oxygen atoms in total. The van der Waals surface area contributed by atoms with Gasteiger partial charge in [0, 0.05) is 0 Å². The van der Waals surface area contributed by atoms with Gasteiger partial charge < -0.3 is 174 Å². The molecule has 21 aliphatic heterocycles. The van der Waals surface area contributed by atoms with E-state index in [1.54, 1.807) is 0 Å². The Kier molecular flexibility index (Phi) is 20.0. The first kappa shape index (κ1) is 60.7. The molecule has 442 valence electrons. The van der Waals surface area contributed by atoms with Gasteiger partial charge in [0.05, 0.1) is 39.6 Å². The first-order chi connectivity index (χ1) is 36.1. The summed E-state index contributed by atoms with van der Waals surface area (Å²) in [7, 11) is 0. The standard InChI is InChI=1S/C41H68O35/c42-1-8-27-14(48)20(54)35(64-8)71-28-9(2-43)65-36(21(55)15(28)49)72-29-10(3-44)66-37(22(56)16(29)50)73-30-11(4-45)67-38(23(57)17(30)51)74-31-12(5-46)68-39(24(58)18(31)52)75-32-13(6-47)69-40(25(59)19(32)53)76-41(62)7-63-34(70-27)26(60)33(41)61/h8-40,42-62H,1-7H2/t8?,9?,10?,11?,12?,13?,14-,15-,16-,17?,18?,19?,20?,21+,22?,23+,24+,25+,26?,27-,28?,29?,30+,31+,32-,33-,34-,35-,36-,37?,38+,39-,40-,41-/m1/s1. The molecule has 15 unspecified atom stereocenters. The zero-order valence-electron chi connectivity index (χ0n) is 39.6. The van der Waals surface area contributed by atoms with Gasteiger partial charge in [0.1, 0.15) is 165 Å². The molecule has 0 aromatic carbocycles. The van der Waals surface area contributed by atoms with E-state index in [4.69, 9.17) is 66.3 Å². The van der Waals surface area contributed by atoms with Crippen molar-refractivity contribution in [2.45, 2.75) is 209 Å². The van der Waals surface area contributed by atoms with Crippen molar-refractivity contribution in [1.82, 2.24) is 0 Å². The van der Waals surface area contributed by atoms with Crippen LogP contribution < -0.4 is 0 Å². The topological polar surface area (TPSA) is 554 Å². The minimum atomic E-state index is -3.06. The van der Waals surface area contributed by atoms with Gasteiger partial charge in [-0.2, -0.15) is 0 Å². The number of aliphatic hydroxyl groups is 21. The smallest absolute Gasteiger partial charge is 0.221 e. The Bertz CT molecular complexity index is 1820. The van der Waals surface area contributed by atoms with Crippen LogP contribution in [0.5, 0.6) is 0 Å². The molecule has 0 aromatic heterocycles. The lowest BCUT2D eigenvalue weighted by Crippen LogP contribution is -2.69. The van der Waals surface area contributed by atoms with E-state index in [1.165, 1.54) is 0 Å². The lowest BCUT2D eigenvalue weighted by Gasteiger charge is -2.50. The molecule has 0 amide bonds. The third-order valence-corrected chi connectivity index (χ3v) is 14.5. The van der Waals surface area contributed by atoms with Crippen molar-refractivity contribution in [2.75, 3.05) is 46.2 Å². The predicted molar refractivity (Wildman–Crippen MR) is 224 cm³/mol. The van der Waals surface area contributed by atoms with E-state index in [-0.39, 0.29) is 0 Å². The maximum atomic E-state index is 11.4. The Balaban J connectivity index is 1.07. The van der Waals surface area contributed by atoms with Crippen molar-refractivity contribution >= 4 is 0 Å². The third kappa shape index (κ3) is 11.5. The van der Waals surface area contributed by atoms with Crippen molar-refractivity contribution in [3.8, 4) is 0 Å². The maximum Gasteiger partial charge on any atom is 0.221 e. The fraction of sp³-hybridized carbons (Fsp3) is 1.00. The van der Waals surface area contributed by atoms with E-state index >= 15 is 0 Å². The molecule has 76 heavy (non-hydrogen) atoms. The summed E-state index contributed by atoms with van der Waals surface area (Å²) in [6.07, 6.45) is -67.6. The first-order valence-corrected chi connectivity index (χ1v) is 24.1. The number of rotatable bonds is 6. The Labute approximate surface area is 428 Å². The lowest BCUT2D eigenvalue weighted by molar-refractivity contribution is -0.433. The maximum absolute atomic E-state index is 11.4. The van der Waals surface area contributed by atoms with Gasteiger partial charge in [-0.3, -0.25) is 0 Å². The fourth-order valence-corrected chi connectivity index (χ4v) is 10.1. The van der Waals surface area contributed by atoms with Crippen LogP contribution in [0.15, 0.2) is 0 Å². The van der Waals surface area contributed by atoms with Crippen molar-refractivity contribution in [2.24, 2.45) is 0 Å². The van der Waals surface area contributed by atoms with E-state index in [0.717, 1.165) is 0 Å². The summed E-state index contributed by atoms with van der Waals surface area (Å²) in [5, 5.41) is 230. The molecule has 0 aromatic rings. The zero-order chi connectivity index (χ0) is 55.4. The molecule has 21 rings (SSSR count). The normalized spacial score (nSPS) is 55.9. The van der Waals surface area contributed by atoms with E-state index in [1.807, 2.05) is 0 Å². The van der Waals surface area contributed by atoms with E-state index in [0.29, 0.717) is 0 Å². The quantitative estimate of drug-likeness (QED) is 0.117. The molecule has 0 aliphatic carbocycles. The number of ether oxygens (including phenoxy) is 14. The van der Waals surface area contributed by atoms with Crippen LogP contribution in [0.1, 0.15) is 0 Å². The molecule has 21 aliphatic rings. The highest BCUT2D eigenvalue weighted by Crippen LogP contribution is 2.39. The molecule has 21 N–H and O–H groups in total. The monoisotopic (exact) mass is 1120 g/mol. The summed E-state index contributed by atoms with van der Waals surface area (Å²) >= 11 is 0. The Morgan fingerprint density at radius 3 is 0.711 bits per heavy atom. The summed E-state index contributed by atoms with van der Waals surface area (Å²) in [6, 6.07) is 0. The Hall–Kier alpha value is -1.40. The first-order valence-electron chi connectivity index (χ1n) is 24.1. The summed E-state index contributed by atoms with van der Waals surface area (Å²) in [5.41, 5.74) is 0. The van der Waals surface area contributed by atoms with Crippen LogP contribution in [0.25, 0.3) is 0 Å². The number of aliphatic hydroxyl groups excluding tert-OH is 20. The Morgan fingerprint density at radius 2 is 0.474 bits per heavy atom. The van der Waals surface area contributed by atoms with Crippen molar-refractivity contribution in [3.63, 3.8) is 0 Å². The van der Waals surface area contributed by atoms with Crippen molar-refractivity contribution < 1.29 is 174 Å². The Morgan fingerprint density at radius 1 is 0.263 bits per heavy atom. The largest absolute Gasteiger partial charge is 0.394 e. The van der Waals surface area contributed by atoms with Crippen LogP contribution in [0, 0.1) is 0 Å². The second kappa shape index (κ2) is 25.0. The second-order valence-electron chi connectivity index (χ2n) is 19.4. The van der Waals surface area contributed by atoms with E-state index in [9.17, 15) is 107 Å². The van der Waals surface area contributed by atoms with Gasteiger partial charge in [0.15, 0.2) is 44.0 Å². The van der Waals surface area contributed by atoms with Crippen LogP contribution >= 0.6 is 0 Å². The lowest BCUT2D eigenvalue weighted by atomic mass is 9.95. The fourth-order valence-electron chi connectivity index (χ4n) is 10.1. The van der Waals surface area contributed by atoms with E-state index < -0.39 is 255 Å². The highest BCUT2D eigenvalue weighted by atomic mass is 16.8. The molecule has 21 heterocycles. The molecular formula is C41H68O35. The van der Waals surface area contributed by atoms with Gasteiger partial charge in [-0.15, -0.1) is 0 Å². The molecule has 0 radical (unpaired) electrons. The number of hydrogen-bond acceptors (Lipinski definition) is 35. The summed E-state index contributed by atoms with van der Waals surface area (Å²) < 4.78 is 78.5. The molecule has 35 heteroatoms. The molecule has 21 saturated heterocycles. The predicted octanol–water partition coefficient (Wildman–Crippen LogP) is -15.3. The van der Waals surface area contributed by atoms with Gasteiger partial charge in [-0.25, -0.2) is 0 Å². The molecule has 14 bridgehead atoms. The molecule has 0 saturated carbocycles. The van der Waals surface area contributed by atoms with Crippen LogP contribution in [0.3, 0.4) is 0 Å². The number of hydrogen-bond donors (Lipinski definition) is 21. The highest BCUT2D eigenvalue weighted by molar-refractivity contribution is 5.01. The summed E-state index contributed by atoms with van der Waals surface area (Å²) in [5.74, 6) is -3.06. The van der Waals surface area contributed by atoms with E-state index in [2.05, 4.69) is 0 Å². The molecule has 21 fully saturated rings. The van der Waals surface area contributed by atoms with Crippen molar-refractivity contribution in [1.29, 1.82) is 0 Å². The van der Waals surface area contributed by atoms with Gasteiger partial charge in [-0.05, 0) is 0 Å². The minimum absolute atomic E-state index is 1.05. The van der Waals surface area contributed by atoms with Crippen LogP contribution in [-0.2, 0) is 66.3 Å². The van der Waals surface area contributed by atoms with Gasteiger partial charge in [0.25, 0.3) is 0 Å². The highest BCUT2D eigenvalue weighted by Gasteiger charge is 2.60. The summed E-state index contributed by atoms with van der Waals surface area (Å²) in [4.78, 5) is 0. The molecular weight excluding hydrogens is 1050 g/mol. The average Bonchev–Trinajstić information content (AvgIpc) is 3.42. The van der Waals surface area contributed by atoms with Crippen LogP contribution in [0.2, 0.25) is 0 Å².